The summed E-state index contributed by atoms with van der Waals surface area (Å²) in [7, 11) is 4.59. The van der Waals surface area contributed by atoms with Crippen LogP contribution in [0.4, 0.5) is 0 Å². The summed E-state index contributed by atoms with van der Waals surface area (Å²) in [5.41, 5.74) is 3.96. The molecule has 2 aliphatic heterocycles. The van der Waals surface area contributed by atoms with Crippen LogP contribution in [-0.2, 0) is 17.6 Å². The summed E-state index contributed by atoms with van der Waals surface area (Å²) >= 11 is 0. The first-order valence-corrected chi connectivity index (χ1v) is 15.2. The van der Waals surface area contributed by atoms with Crippen molar-refractivity contribution in [3.8, 4) is 51.4 Å². The molecular weight excluding hydrogens is 604 g/mol. The molecule has 5 aromatic rings. The summed E-state index contributed by atoms with van der Waals surface area (Å²) in [5.74, 6) is 1.64. The molecule has 4 aromatic carbocycles. The minimum absolute atomic E-state index is 0.0169. The third-order valence-electron chi connectivity index (χ3n) is 8.66. The maximum absolute atomic E-state index is 13.9. The standard InChI is InChI=1S/C37H32O10/c1-41-28-8-6-22(15-30(28)43-3)25-19-46-37-34-24(17-33(39)47-32(34)18-26(38)35(37)36(25)40)21-5-9-29(42-2)31(16-21)45-12-10-20-4-7-27-23(14-20)11-13-44-27/h4-9,14-16,18-19,24,38H,10-13,17H2,1-3H3/t24-/m1/s1. The lowest BCUT2D eigenvalue weighted by atomic mass is 9.84. The van der Waals surface area contributed by atoms with E-state index in [4.69, 9.17) is 32.8 Å². The number of esters is 1. The lowest BCUT2D eigenvalue weighted by Crippen LogP contribution is -2.22. The van der Waals surface area contributed by atoms with E-state index in [0.717, 1.165) is 23.3 Å². The first-order chi connectivity index (χ1) is 22.9. The van der Waals surface area contributed by atoms with Gasteiger partial charge in [-0.3, -0.25) is 9.59 Å². The second-order valence-electron chi connectivity index (χ2n) is 11.3. The van der Waals surface area contributed by atoms with Crippen molar-refractivity contribution >= 4 is 16.9 Å². The third-order valence-corrected chi connectivity index (χ3v) is 8.66. The van der Waals surface area contributed by atoms with Gasteiger partial charge in [0.15, 0.2) is 23.0 Å². The largest absolute Gasteiger partial charge is 0.507 e. The molecule has 240 valence electrons. The van der Waals surface area contributed by atoms with Gasteiger partial charge in [0.05, 0.1) is 46.5 Å². The molecule has 0 spiro atoms. The van der Waals surface area contributed by atoms with Gasteiger partial charge in [-0.2, -0.15) is 0 Å². The predicted molar refractivity (Wildman–Crippen MR) is 173 cm³/mol. The Balaban J connectivity index is 1.25. The summed E-state index contributed by atoms with van der Waals surface area (Å²) in [5, 5.41) is 11.0. The molecule has 2 aliphatic rings. The number of hydrogen-bond acceptors (Lipinski definition) is 10. The number of carbonyl (C=O) groups is 1. The third kappa shape index (κ3) is 5.45. The minimum atomic E-state index is -0.561. The number of carbonyl (C=O) groups excluding carboxylic acids is 1. The van der Waals surface area contributed by atoms with Crippen molar-refractivity contribution in [3.05, 3.63) is 99.4 Å². The summed E-state index contributed by atoms with van der Waals surface area (Å²) in [4.78, 5) is 26.7. The number of hydrogen-bond donors (Lipinski definition) is 1. The number of benzene rings is 4. The molecule has 0 radical (unpaired) electrons. The van der Waals surface area contributed by atoms with Gasteiger partial charge in [-0.25, -0.2) is 0 Å². The molecule has 1 N–H and O–H groups in total. The number of methoxy groups -OCH3 is 3. The molecule has 47 heavy (non-hydrogen) atoms. The van der Waals surface area contributed by atoms with Crippen LogP contribution < -0.4 is 33.8 Å². The van der Waals surface area contributed by atoms with Crippen LogP contribution in [0.15, 0.2) is 76.1 Å². The van der Waals surface area contributed by atoms with Gasteiger partial charge >= 0.3 is 5.97 Å². The van der Waals surface area contributed by atoms with E-state index in [-0.39, 0.29) is 34.5 Å². The van der Waals surface area contributed by atoms with Crippen LogP contribution in [-0.4, -0.2) is 45.6 Å². The van der Waals surface area contributed by atoms with E-state index in [1.165, 1.54) is 32.1 Å². The van der Waals surface area contributed by atoms with Crippen LogP contribution in [0.2, 0.25) is 0 Å². The van der Waals surface area contributed by atoms with Crippen molar-refractivity contribution in [1.82, 2.24) is 0 Å². The molecule has 1 aromatic heterocycles. The fourth-order valence-corrected chi connectivity index (χ4v) is 6.32. The topological polar surface area (TPSA) is 123 Å². The average Bonchev–Trinajstić information content (AvgIpc) is 3.55. The zero-order valence-corrected chi connectivity index (χ0v) is 26.1. The van der Waals surface area contributed by atoms with E-state index in [0.29, 0.717) is 53.8 Å². The quantitative estimate of drug-likeness (QED) is 0.148. The van der Waals surface area contributed by atoms with E-state index in [2.05, 4.69) is 6.07 Å². The van der Waals surface area contributed by atoms with Gasteiger partial charge in [0.1, 0.15) is 34.5 Å². The first-order valence-electron chi connectivity index (χ1n) is 15.2. The molecule has 0 amide bonds. The Bertz CT molecular complexity index is 2080. The van der Waals surface area contributed by atoms with E-state index in [1.54, 1.807) is 31.4 Å². The van der Waals surface area contributed by atoms with Gasteiger partial charge in [-0.1, -0.05) is 24.3 Å². The lowest BCUT2D eigenvalue weighted by Gasteiger charge is -2.26. The number of aromatic hydroxyl groups is 1. The van der Waals surface area contributed by atoms with Crippen LogP contribution in [0.5, 0.6) is 40.2 Å². The van der Waals surface area contributed by atoms with Gasteiger partial charge in [0, 0.05) is 30.4 Å². The number of phenolic OH excluding ortho intramolecular Hbond substituents is 1. The molecule has 0 fully saturated rings. The monoisotopic (exact) mass is 636 g/mol. The van der Waals surface area contributed by atoms with E-state index < -0.39 is 17.3 Å². The lowest BCUT2D eigenvalue weighted by molar-refractivity contribution is -0.135. The highest BCUT2D eigenvalue weighted by Crippen LogP contribution is 2.47. The van der Waals surface area contributed by atoms with E-state index in [1.807, 2.05) is 24.3 Å². The summed E-state index contributed by atoms with van der Waals surface area (Å²) < 4.78 is 39.8. The summed E-state index contributed by atoms with van der Waals surface area (Å²) in [6.45, 7) is 1.10. The van der Waals surface area contributed by atoms with Crippen molar-refractivity contribution in [2.24, 2.45) is 0 Å². The zero-order chi connectivity index (χ0) is 32.7. The molecule has 0 bridgehead atoms. The molecular formula is C37H32O10. The van der Waals surface area contributed by atoms with Crippen molar-refractivity contribution in [2.75, 3.05) is 34.5 Å². The smallest absolute Gasteiger partial charge is 0.312 e. The Morgan fingerprint density at radius 2 is 1.64 bits per heavy atom. The highest BCUT2D eigenvalue weighted by Gasteiger charge is 2.34. The molecule has 0 saturated carbocycles. The van der Waals surface area contributed by atoms with Gasteiger partial charge in [-0.05, 0) is 52.6 Å². The van der Waals surface area contributed by atoms with Gasteiger partial charge in [0.25, 0.3) is 0 Å². The molecule has 0 saturated heterocycles. The number of ether oxygens (including phenoxy) is 6. The zero-order valence-electron chi connectivity index (χ0n) is 26.1. The molecule has 10 heteroatoms. The Hall–Kier alpha value is -5.64. The number of fused-ring (bicyclic) bond motifs is 4. The highest BCUT2D eigenvalue weighted by molar-refractivity contribution is 5.94. The van der Waals surface area contributed by atoms with E-state index >= 15 is 0 Å². The summed E-state index contributed by atoms with van der Waals surface area (Å²) in [6, 6.07) is 18.0. The summed E-state index contributed by atoms with van der Waals surface area (Å²) in [6.07, 6.45) is 2.90. The van der Waals surface area contributed by atoms with Crippen molar-refractivity contribution in [3.63, 3.8) is 0 Å². The molecule has 0 unspecified atom stereocenters. The van der Waals surface area contributed by atoms with Crippen LogP contribution >= 0.6 is 0 Å². The Morgan fingerprint density at radius 3 is 2.45 bits per heavy atom. The van der Waals surface area contributed by atoms with Crippen molar-refractivity contribution in [2.45, 2.75) is 25.2 Å². The van der Waals surface area contributed by atoms with Crippen LogP contribution in [0, 0.1) is 0 Å². The highest BCUT2D eigenvalue weighted by atomic mass is 16.5. The number of rotatable bonds is 9. The fraction of sp³-hybridized carbons (Fsp3) is 0.243. The van der Waals surface area contributed by atoms with Crippen molar-refractivity contribution < 1.29 is 42.7 Å². The van der Waals surface area contributed by atoms with E-state index in [9.17, 15) is 14.7 Å². The number of phenols is 1. The Kier molecular flexibility index (Phi) is 7.85. The second-order valence-corrected chi connectivity index (χ2v) is 11.3. The average molecular weight is 637 g/mol. The predicted octanol–water partition coefficient (Wildman–Crippen LogP) is 6.19. The van der Waals surface area contributed by atoms with Gasteiger partial charge in [0.2, 0.25) is 5.43 Å². The first kappa shape index (κ1) is 30.0. The Labute approximate surface area is 270 Å². The minimum Gasteiger partial charge on any atom is -0.507 e. The van der Waals surface area contributed by atoms with Gasteiger partial charge < -0.3 is 37.9 Å². The van der Waals surface area contributed by atoms with Crippen LogP contribution in [0.3, 0.4) is 0 Å². The molecule has 3 heterocycles. The van der Waals surface area contributed by atoms with Crippen LogP contribution in [0.25, 0.3) is 22.1 Å². The van der Waals surface area contributed by atoms with Gasteiger partial charge in [-0.15, -0.1) is 0 Å². The molecule has 7 rings (SSSR count). The Morgan fingerprint density at radius 1 is 0.851 bits per heavy atom. The molecule has 0 aliphatic carbocycles. The molecule has 1 atom stereocenters. The SMILES string of the molecule is COc1ccc(-c2coc3c4c(cc(O)c3c2=O)OC(=O)C[C@@H]4c2ccc(OC)c(OCCc3ccc4c(c3)CCO4)c2)cc1OC. The maximum atomic E-state index is 13.9. The normalized spacial score (nSPS) is 15.0. The second kappa shape index (κ2) is 12.3. The fourth-order valence-electron chi connectivity index (χ4n) is 6.32. The molecule has 10 nitrogen and oxygen atoms in total. The van der Waals surface area contributed by atoms with Crippen LogP contribution in [0.1, 0.15) is 34.6 Å². The van der Waals surface area contributed by atoms with Crippen molar-refractivity contribution in [1.29, 1.82) is 0 Å². The maximum Gasteiger partial charge on any atom is 0.312 e.